The predicted octanol–water partition coefficient (Wildman–Crippen LogP) is 2.20. The summed E-state index contributed by atoms with van der Waals surface area (Å²) >= 11 is 0. The quantitative estimate of drug-likeness (QED) is 0.895. The molecule has 1 heterocycles. The Balaban J connectivity index is 2.48. The van der Waals surface area contributed by atoms with Crippen molar-refractivity contribution in [2.45, 2.75) is 0 Å². The van der Waals surface area contributed by atoms with Crippen LogP contribution in [0.5, 0.6) is 11.5 Å². The van der Waals surface area contributed by atoms with Crippen LogP contribution in [0.25, 0.3) is 11.4 Å². The minimum Gasteiger partial charge on any atom is -0.497 e. The van der Waals surface area contributed by atoms with Crippen molar-refractivity contribution in [3.8, 4) is 22.9 Å². The summed E-state index contributed by atoms with van der Waals surface area (Å²) in [4.78, 5) is 8.63. The van der Waals surface area contributed by atoms with E-state index in [2.05, 4.69) is 15.3 Å². The van der Waals surface area contributed by atoms with Crippen molar-refractivity contribution in [1.82, 2.24) is 9.97 Å². The van der Waals surface area contributed by atoms with Gasteiger partial charge >= 0.3 is 0 Å². The largest absolute Gasteiger partial charge is 0.497 e. The second-order valence-corrected chi connectivity index (χ2v) is 3.62. The van der Waals surface area contributed by atoms with Crippen molar-refractivity contribution in [2.24, 2.45) is 0 Å². The van der Waals surface area contributed by atoms with Crippen molar-refractivity contribution < 1.29 is 9.47 Å². The SMILES string of the molecule is CNc1ccnc(-c2cc(OC)cc(OC)c2)n1. The van der Waals surface area contributed by atoms with Gasteiger partial charge in [-0.15, -0.1) is 0 Å². The first kappa shape index (κ1) is 12.2. The van der Waals surface area contributed by atoms with Crippen molar-refractivity contribution in [3.05, 3.63) is 30.5 Å². The molecular weight excluding hydrogens is 230 g/mol. The molecule has 0 atom stereocenters. The zero-order valence-electron chi connectivity index (χ0n) is 10.6. The summed E-state index contributed by atoms with van der Waals surface area (Å²) in [5.41, 5.74) is 0.850. The number of aromatic nitrogens is 2. The van der Waals surface area contributed by atoms with Crippen LogP contribution in [0.2, 0.25) is 0 Å². The van der Waals surface area contributed by atoms with E-state index in [1.807, 2.05) is 25.2 Å². The molecule has 0 fully saturated rings. The van der Waals surface area contributed by atoms with Gasteiger partial charge in [0.05, 0.1) is 14.2 Å². The van der Waals surface area contributed by atoms with Gasteiger partial charge in [-0.25, -0.2) is 9.97 Å². The van der Waals surface area contributed by atoms with Crippen LogP contribution in [0.4, 0.5) is 5.82 Å². The highest BCUT2D eigenvalue weighted by Crippen LogP contribution is 2.28. The third-order valence-electron chi connectivity index (χ3n) is 2.52. The van der Waals surface area contributed by atoms with E-state index in [4.69, 9.17) is 9.47 Å². The maximum absolute atomic E-state index is 5.22. The minimum atomic E-state index is 0.624. The van der Waals surface area contributed by atoms with Crippen molar-refractivity contribution in [2.75, 3.05) is 26.6 Å². The summed E-state index contributed by atoms with van der Waals surface area (Å²) in [5, 5.41) is 2.98. The Morgan fingerprint density at radius 3 is 2.28 bits per heavy atom. The number of ether oxygens (including phenoxy) is 2. The second-order valence-electron chi connectivity index (χ2n) is 3.62. The van der Waals surface area contributed by atoms with E-state index in [0.717, 1.165) is 11.4 Å². The molecule has 0 aliphatic carbocycles. The highest BCUT2D eigenvalue weighted by atomic mass is 16.5. The minimum absolute atomic E-state index is 0.624. The molecule has 0 bridgehead atoms. The van der Waals surface area contributed by atoms with Crippen LogP contribution in [0.1, 0.15) is 0 Å². The summed E-state index contributed by atoms with van der Waals surface area (Å²) < 4.78 is 10.4. The summed E-state index contributed by atoms with van der Waals surface area (Å²) in [6.45, 7) is 0. The van der Waals surface area contributed by atoms with Gasteiger partial charge in [-0.3, -0.25) is 0 Å². The number of hydrogen-bond acceptors (Lipinski definition) is 5. The number of hydrogen-bond donors (Lipinski definition) is 1. The Kier molecular flexibility index (Phi) is 3.62. The van der Waals surface area contributed by atoms with Gasteiger partial charge in [0.1, 0.15) is 17.3 Å². The molecule has 2 aromatic rings. The average Bonchev–Trinajstić information content (AvgIpc) is 2.46. The van der Waals surface area contributed by atoms with Gasteiger partial charge in [-0.2, -0.15) is 0 Å². The molecule has 18 heavy (non-hydrogen) atoms. The first-order valence-electron chi connectivity index (χ1n) is 5.51. The molecular formula is C13H15N3O2. The van der Waals surface area contributed by atoms with Gasteiger partial charge < -0.3 is 14.8 Å². The van der Waals surface area contributed by atoms with Crippen molar-refractivity contribution in [1.29, 1.82) is 0 Å². The van der Waals surface area contributed by atoms with Gasteiger partial charge in [0.2, 0.25) is 0 Å². The van der Waals surface area contributed by atoms with Crippen LogP contribution in [0.3, 0.4) is 0 Å². The number of nitrogens with zero attached hydrogens (tertiary/aromatic N) is 2. The molecule has 0 saturated heterocycles. The monoisotopic (exact) mass is 245 g/mol. The van der Waals surface area contributed by atoms with E-state index in [1.54, 1.807) is 26.5 Å². The molecule has 1 aromatic heterocycles. The lowest BCUT2D eigenvalue weighted by Gasteiger charge is -2.08. The van der Waals surface area contributed by atoms with Gasteiger partial charge in [-0.1, -0.05) is 0 Å². The lowest BCUT2D eigenvalue weighted by Crippen LogP contribution is -1.96. The van der Waals surface area contributed by atoms with Gasteiger partial charge in [0.25, 0.3) is 0 Å². The van der Waals surface area contributed by atoms with E-state index in [9.17, 15) is 0 Å². The summed E-state index contributed by atoms with van der Waals surface area (Å²) in [7, 11) is 5.05. The lowest BCUT2D eigenvalue weighted by molar-refractivity contribution is 0.394. The number of anilines is 1. The maximum atomic E-state index is 5.22. The molecule has 1 aromatic carbocycles. The van der Waals surface area contributed by atoms with E-state index in [0.29, 0.717) is 17.3 Å². The fourth-order valence-corrected chi connectivity index (χ4v) is 1.57. The summed E-state index contributed by atoms with van der Waals surface area (Å²) in [6.07, 6.45) is 1.71. The Morgan fingerprint density at radius 2 is 1.72 bits per heavy atom. The number of methoxy groups -OCH3 is 2. The second kappa shape index (κ2) is 5.35. The average molecular weight is 245 g/mol. The molecule has 0 aliphatic rings. The molecule has 0 amide bonds. The van der Waals surface area contributed by atoms with Crippen LogP contribution in [-0.2, 0) is 0 Å². The molecule has 2 rings (SSSR count). The van der Waals surface area contributed by atoms with E-state index >= 15 is 0 Å². The first-order chi connectivity index (χ1) is 8.76. The molecule has 94 valence electrons. The third kappa shape index (κ3) is 2.51. The van der Waals surface area contributed by atoms with Crippen LogP contribution < -0.4 is 14.8 Å². The van der Waals surface area contributed by atoms with Crippen LogP contribution in [0.15, 0.2) is 30.5 Å². The molecule has 0 aliphatic heterocycles. The zero-order chi connectivity index (χ0) is 13.0. The molecule has 0 unspecified atom stereocenters. The molecule has 5 heteroatoms. The number of benzene rings is 1. The smallest absolute Gasteiger partial charge is 0.161 e. The molecule has 5 nitrogen and oxygen atoms in total. The van der Waals surface area contributed by atoms with E-state index in [-0.39, 0.29) is 0 Å². The first-order valence-corrected chi connectivity index (χ1v) is 5.51. The third-order valence-corrected chi connectivity index (χ3v) is 2.52. The number of rotatable bonds is 4. The molecule has 0 saturated carbocycles. The van der Waals surface area contributed by atoms with Crippen LogP contribution in [0, 0.1) is 0 Å². The topological polar surface area (TPSA) is 56.3 Å². The molecule has 0 spiro atoms. The van der Waals surface area contributed by atoms with Crippen molar-refractivity contribution in [3.63, 3.8) is 0 Å². The molecule has 0 radical (unpaired) electrons. The van der Waals surface area contributed by atoms with Crippen molar-refractivity contribution >= 4 is 5.82 Å². The van der Waals surface area contributed by atoms with Gasteiger partial charge in [0.15, 0.2) is 5.82 Å². The summed E-state index contributed by atoms with van der Waals surface area (Å²) in [6, 6.07) is 7.36. The normalized spacial score (nSPS) is 9.94. The van der Waals surface area contributed by atoms with Crippen LogP contribution in [-0.4, -0.2) is 31.2 Å². The number of nitrogens with one attached hydrogen (secondary N) is 1. The fraction of sp³-hybridized carbons (Fsp3) is 0.231. The Hall–Kier alpha value is -2.30. The Labute approximate surface area is 106 Å². The predicted molar refractivity (Wildman–Crippen MR) is 70.1 cm³/mol. The highest BCUT2D eigenvalue weighted by Gasteiger charge is 2.07. The fourth-order valence-electron chi connectivity index (χ4n) is 1.57. The van der Waals surface area contributed by atoms with E-state index < -0.39 is 0 Å². The standard InChI is InChI=1S/C13H15N3O2/c1-14-12-4-5-15-13(16-12)9-6-10(17-2)8-11(7-9)18-3/h4-8H,1-3H3,(H,14,15,16). The Bertz CT molecular complexity index is 521. The maximum Gasteiger partial charge on any atom is 0.161 e. The van der Waals surface area contributed by atoms with Crippen LogP contribution >= 0.6 is 0 Å². The Morgan fingerprint density at radius 1 is 1.06 bits per heavy atom. The summed E-state index contributed by atoms with van der Waals surface area (Å²) in [5.74, 6) is 2.81. The lowest BCUT2D eigenvalue weighted by atomic mass is 10.2. The molecule has 1 N–H and O–H groups in total. The van der Waals surface area contributed by atoms with E-state index in [1.165, 1.54) is 0 Å². The zero-order valence-corrected chi connectivity index (χ0v) is 10.6. The van der Waals surface area contributed by atoms with Gasteiger partial charge in [0, 0.05) is 24.9 Å². The van der Waals surface area contributed by atoms with Gasteiger partial charge in [-0.05, 0) is 18.2 Å². The highest BCUT2D eigenvalue weighted by molar-refractivity contribution is 5.62.